The number of piperazine rings is 1. The maximum Gasteiger partial charge on any atom is 0.242 e. The highest BCUT2D eigenvalue weighted by molar-refractivity contribution is 7.99. The summed E-state index contributed by atoms with van der Waals surface area (Å²) in [5.41, 5.74) is 0. The van der Waals surface area contributed by atoms with E-state index in [1.54, 1.807) is 16.7 Å². The van der Waals surface area contributed by atoms with Crippen molar-refractivity contribution in [3.8, 4) is 0 Å². The number of rotatable bonds is 2. The van der Waals surface area contributed by atoms with E-state index < -0.39 is 0 Å². The predicted molar refractivity (Wildman–Crippen MR) is 72.8 cm³/mol. The number of nitrogens with one attached hydrogen (secondary N) is 1. The van der Waals surface area contributed by atoms with Crippen LogP contribution >= 0.6 is 24.2 Å². The van der Waals surface area contributed by atoms with Gasteiger partial charge in [-0.25, -0.2) is 0 Å². The van der Waals surface area contributed by atoms with E-state index in [1.807, 2.05) is 4.90 Å². The minimum atomic E-state index is -0.0831. The molecule has 1 aliphatic carbocycles. The lowest BCUT2D eigenvalue weighted by Crippen LogP contribution is -2.56. The van der Waals surface area contributed by atoms with Gasteiger partial charge in [-0.2, -0.15) is 0 Å². The lowest BCUT2D eigenvalue weighted by Gasteiger charge is -2.35. The van der Waals surface area contributed by atoms with Crippen LogP contribution < -0.4 is 5.32 Å². The van der Waals surface area contributed by atoms with Crippen LogP contribution in [0.3, 0.4) is 0 Å². The number of hydrogen-bond acceptors (Lipinski definition) is 4. The average molecular weight is 292 g/mol. The number of nitrogens with zero attached hydrogens (tertiary/aromatic N) is 2. The minimum Gasteiger partial charge on any atom is -0.336 e. The van der Waals surface area contributed by atoms with Gasteiger partial charge in [0.15, 0.2) is 0 Å². The molecule has 0 aromatic heterocycles. The first-order valence-corrected chi connectivity index (χ1v) is 7.30. The standard InChI is InChI=1S/C11H17N3O2S.ClH/c15-10-5-13(3-4-14(10)8-1-2-8)11(16)9-6-17-7-12-9;/h8-9,12H,1-7H2;1H/t9-;/m1./s1. The Bertz CT molecular complexity index is 345. The Balaban J connectivity index is 0.00000120. The highest BCUT2D eigenvalue weighted by Crippen LogP contribution is 2.28. The zero-order valence-electron chi connectivity index (χ0n) is 10.1. The van der Waals surface area contributed by atoms with Crippen molar-refractivity contribution in [1.82, 2.24) is 15.1 Å². The van der Waals surface area contributed by atoms with Crippen molar-refractivity contribution in [2.24, 2.45) is 0 Å². The molecule has 2 aliphatic heterocycles. The molecule has 18 heavy (non-hydrogen) atoms. The van der Waals surface area contributed by atoms with Gasteiger partial charge in [0.1, 0.15) is 0 Å². The van der Waals surface area contributed by atoms with Crippen LogP contribution in [0.1, 0.15) is 12.8 Å². The molecule has 0 spiro atoms. The molecule has 3 fully saturated rings. The second-order valence-corrected chi connectivity index (χ2v) is 5.88. The molecular weight excluding hydrogens is 274 g/mol. The fourth-order valence-electron chi connectivity index (χ4n) is 2.42. The van der Waals surface area contributed by atoms with Crippen molar-refractivity contribution in [2.45, 2.75) is 24.9 Å². The Morgan fingerprint density at radius 3 is 2.67 bits per heavy atom. The third kappa shape index (κ3) is 2.75. The summed E-state index contributed by atoms with van der Waals surface area (Å²) in [6, 6.07) is 0.389. The first-order chi connectivity index (χ1) is 8.25. The van der Waals surface area contributed by atoms with E-state index in [0.717, 1.165) is 31.0 Å². The number of thioether (sulfide) groups is 1. The van der Waals surface area contributed by atoms with Crippen molar-refractivity contribution >= 4 is 36.0 Å². The molecule has 2 saturated heterocycles. The number of amides is 2. The van der Waals surface area contributed by atoms with Gasteiger partial charge in [-0.1, -0.05) is 0 Å². The third-order valence-electron chi connectivity index (χ3n) is 3.57. The van der Waals surface area contributed by atoms with Gasteiger partial charge in [0, 0.05) is 30.8 Å². The largest absolute Gasteiger partial charge is 0.336 e. The predicted octanol–water partition coefficient (Wildman–Crippen LogP) is -0.0961. The normalized spacial score (nSPS) is 28.2. The van der Waals surface area contributed by atoms with Gasteiger partial charge in [-0.05, 0) is 12.8 Å². The van der Waals surface area contributed by atoms with Crippen LogP contribution in [0.25, 0.3) is 0 Å². The molecule has 0 aromatic rings. The third-order valence-corrected chi connectivity index (χ3v) is 4.51. The van der Waals surface area contributed by atoms with E-state index in [-0.39, 0.29) is 36.8 Å². The Morgan fingerprint density at radius 2 is 2.11 bits per heavy atom. The van der Waals surface area contributed by atoms with E-state index in [2.05, 4.69) is 5.32 Å². The van der Waals surface area contributed by atoms with Crippen LogP contribution in [-0.4, -0.2) is 65.0 Å². The summed E-state index contributed by atoms with van der Waals surface area (Å²) in [7, 11) is 0. The van der Waals surface area contributed by atoms with Gasteiger partial charge in [0.25, 0.3) is 0 Å². The minimum absolute atomic E-state index is 0. The van der Waals surface area contributed by atoms with Crippen molar-refractivity contribution in [2.75, 3.05) is 31.3 Å². The Morgan fingerprint density at radius 1 is 1.33 bits per heavy atom. The first kappa shape index (κ1) is 14.0. The number of carbonyl (C=O) groups excluding carboxylic acids is 2. The molecular formula is C11H18ClN3O2S. The Hall–Kier alpha value is -0.460. The molecule has 0 unspecified atom stereocenters. The highest BCUT2D eigenvalue weighted by Gasteiger charge is 2.38. The maximum atomic E-state index is 12.1. The fourth-order valence-corrected chi connectivity index (χ4v) is 3.35. The highest BCUT2D eigenvalue weighted by atomic mass is 35.5. The maximum absolute atomic E-state index is 12.1. The van der Waals surface area contributed by atoms with Crippen molar-refractivity contribution in [3.63, 3.8) is 0 Å². The van der Waals surface area contributed by atoms with Crippen LogP contribution in [0.2, 0.25) is 0 Å². The van der Waals surface area contributed by atoms with Gasteiger partial charge < -0.3 is 9.80 Å². The summed E-state index contributed by atoms with van der Waals surface area (Å²) in [5.74, 6) is 1.89. The summed E-state index contributed by atoms with van der Waals surface area (Å²) in [6.45, 7) is 1.69. The van der Waals surface area contributed by atoms with Crippen LogP contribution in [0.5, 0.6) is 0 Å². The van der Waals surface area contributed by atoms with Gasteiger partial charge >= 0.3 is 0 Å². The lowest BCUT2D eigenvalue weighted by atomic mass is 10.2. The molecule has 5 nitrogen and oxygen atoms in total. The van der Waals surface area contributed by atoms with Crippen molar-refractivity contribution in [1.29, 1.82) is 0 Å². The van der Waals surface area contributed by atoms with Gasteiger partial charge in [-0.15, -0.1) is 24.2 Å². The molecule has 102 valence electrons. The molecule has 3 aliphatic rings. The quantitative estimate of drug-likeness (QED) is 0.772. The van der Waals surface area contributed by atoms with Crippen molar-refractivity contribution in [3.05, 3.63) is 0 Å². The summed E-state index contributed by atoms with van der Waals surface area (Å²) >= 11 is 1.74. The molecule has 3 rings (SSSR count). The van der Waals surface area contributed by atoms with E-state index in [0.29, 0.717) is 12.6 Å². The summed E-state index contributed by atoms with van der Waals surface area (Å²) in [6.07, 6.45) is 2.28. The SMILES string of the molecule is Cl.O=C([C@H]1CSCN1)N1CCN(C2CC2)C(=O)C1. The zero-order valence-corrected chi connectivity index (χ0v) is 11.8. The monoisotopic (exact) mass is 291 g/mol. The summed E-state index contributed by atoms with van der Waals surface area (Å²) in [5, 5.41) is 3.16. The lowest BCUT2D eigenvalue weighted by molar-refractivity contribution is -0.146. The molecule has 2 heterocycles. The molecule has 7 heteroatoms. The second-order valence-electron chi connectivity index (χ2n) is 4.85. The van der Waals surface area contributed by atoms with E-state index in [4.69, 9.17) is 0 Å². The molecule has 0 bridgehead atoms. The number of carbonyl (C=O) groups is 2. The van der Waals surface area contributed by atoms with Crippen LogP contribution in [-0.2, 0) is 9.59 Å². The number of hydrogen-bond donors (Lipinski definition) is 1. The van der Waals surface area contributed by atoms with Gasteiger partial charge in [-0.3, -0.25) is 14.9 Å². The molecule has 0 aromatic carbocycles. The first-order valence-electron chi connectivity index (χ1n) is 6.15. The number of halogens is 1. The van der Waals surface area contributed by atoms with Gasteiger partial charge in [0.2, 0.25) is 11.8 Å². The van der Waals surface area contributed by atoms with Crippen molar-refractivity contribution < 1.29 is 9.59 Å². The zero-order chi connectivity index (χ0) is 11.8. The Labute approximate surface area is 117 Å². The van der Waals surface area contributed by atoms with Crippen LogP contribution in [0.15, 0.2) is 0 Å². The summed E-state index contributed by atoms with van der Waals surface area (Å²) in [4.78, 5) is 27.7. The van der Waals surface area contributed by atoms with Crippen LogP contribution in [0.4, 0.5) is 0 Å². The fraction of sp³-hybridized carbons (Fsp3) is 0.818. The van der Waals surface area contributed by atoms with Crippen LogP contribution in [0, 0.1) is 0 Å². The van der Waals surface area contributed by atoms with E-state index in [9.17, 15) is 9.59 Å². The average Bonchev–Trinajstić information content (AvgIpc) is 3.02. The molecule has 2 amide bonds. The smallest absolute Gasteiger partial charge is 0.242 e. The molecule has 1 saturated carbocycles. The van der Waals surface area contributed by atoms with Gasteiger partial charge in [0.05, 0.1) is 12.6 Å². The van der Waals surface area contributed by atoms with E-state index in [1.165, 1.54) is 0 Å². The molecule has 1 N–H and O–H groups in total. The second kappa shape index (κ2) is 5.67. The topological polar surface area (TPSA) is 52.7 Å². The Kier molecular flexibility index (Phi) is 4.40. The molecule has 0 radical (unpaired) electrons. The molecule has 1 atom stereocenters. The summed E-state index contributed by atoms with van der Waals surface area (Å²) < 4.78 is 0. The van der Waals surface area contributed by atoms with E-state index >= 15 is 0 Å².